The Labute approximate surface area is 142 Å². The third-order valence-electron chi connectivity index (χ3n) is 3.32. The number of nitrogens with one attached hydrogen (secondary N) is 1. The van der Waals surface area contributed by atoms with Gasteiger partial charge in [-0.05, 0) is 13.0 Å². The largest absolute Gasteiger partial charge is 0.289 e. The van der Waals surface area contributed by atoms with Crippen molar-refractivity contribution in [1.82, 2.24) is 19.5 Å². The average Bonchev–Trinajstić information content (AvgIpc) is 3.01. The standard InChI is InChI=1S/C14H12N6O4S/c1-10-15-6-7-19(10)14-8-13(16-9-17-14)18-25(23,24)12-5-3-2-4-11(12)20(21)22/h2-9H,1H3,(H,16,17,18). The molecule has 0 saturated carbocycles. The zero-order chi connectivity index (χ0) is 18.0. The number of para-hydroxylation sites is 1. The van der Waals surface area contributed by atoms with E-state index in [1.807, 2.05) is 0 Å². The molecule has 0 aliphatic rings. The number of nitro benzene ring substituents is 1. The number of nitro groups is 1. The Morgan fingerprint density at radius 1 is 1.20 bits per heavy atom. The van der Waals surface area contributed by atoms with Crippen LogP contribution in [-0.2, 0) is 10.0 Å². The predicted octanol–water partition coefficient (Wildman–Crippen LogP) is 1.68. The molecule has 3 rings (SSSR count). The molecule has 25 heavy (non-hydrogen) atoms. The van der Waals surface area contributed by atoms with Crippen molar-refractivity contribution in [2.24, 2.45) is 0 Å². The zero-order valence-electron chi connectivity index (χ0n) is 12.9. The molecule has 2 aromatic heterocycles. The summed E-state index contributed by atoms with van der Waals surface area (Å²) in [6.45, 7) is 1.76. The van der Waals surface area contributed by atoms with E-state index in [1.54, 1.807) is 23.9 Å². The third kappa shape index (κ3) is 3.30. The fourth-order valence-corrected chi connectivity index (χ4v) is 3.36. The lowest BCUT2D eigenvalue weighted by Gasteiger charge is -2.09. The van der Waals surface area contributed by atoms with Crippen molar-refractivity contribution < 1.29 is 13.3 Å². The first-order valence-corrected chi connectivity index (χ1v) is 8.45. The van der Waals surface area contributed by atoms with Gasteiger partial charge in [0.1, 0.15) is 23.8 Å². The van der Waals surface area contributed by atoms with Crippen molar-refractivity contribution in [3.8, 4) is 5.82 Å². The van der Waals surface area contributed by atoms with Crippen LogP contribution in [0.3, 0.4) is 0 Å². The van der Waals surface area contributed by atoms with Crippen LogP contribution in [-0.4, -0.2) is 32.9 Å². The summed E-state index contributed by atoms with van der Waals surface area (Å²) in [7, 11) is -4.19. The number of hydrogen-bond acceptors (Lipinski definition) is 7. The molecule has 0 unspecified atom stereocenters. The smallest absolute Gasteiger partial charge is 0.288 e. The number of anilines is 1. The van der Waals surface area contributed by atoms with E-state index in [0.717, 1.165) is 12.1 Å². The van der Waals surface area contributed by atoms with Gasteiger partial charge in [0.15, 0.2) is 4.90 Å². The monoisotopic (exact) mass is 360 g/mol. The molecular weight excluding hydrogens is 348 g/mol. The van der Waals surface area contributed by atoms with E-state index in [1.165, 1.54) is 24.5 Å². The molecule has 0 bridgehead atoms. The van der Waals surface area contributed by atoms with Gasteiger partial charge < -0.3 is 0 Å². The Kier molecular flexibility index (Phi) is 4.15. The van der Waals surface area contributed by atoms with Crippen LogP contribution in [0.4, 0.5) is 11.5 Å². The van der Waals surface area contributed by atoms with Crippen LogP contribution in [0, 0.1) is 17.0 Å². The highest BCUT2D eigenvalue weighted by molar-refractivity contribution is 7.92. The minimum Gasteiger partial charge on any atom is -0.288 e. The Bertz CT molecular complexity index is 1050. The predicted molar refractivity (Wildman–Crippen MR) is 87.8 cm³/mol. The van der Waals surface area contributed by atoms with E-state index in [4.69, 9.17) is 0 Å². The Morgan fingerprint density at radius 3 is 2.64 bits per heavy atom. The number of imidazole rings is 1. The molecule has 2 heterocycles. The van der Waals surface area contributed by atoms with Crippen molar-refractivity contribution in [1.29, 1.82) is 0 Å². The highest BCUT2D eigenvalue weighted by atomic mass is 32.2. The Morgan fingerprint density at radius 2 is 1.96 bits per heavy atom. The molecule has 0 aliphatic carbocycles. The van der Waals surface area contributed by atoms with Gasteiger partial charge in [0.25, 0.3) is 15.7 Å². The molecule has 0 saturated heterocycles. The maximum Gasteiger partial charge on any atom is 0.289 e. The summed E-state index contributed by atoms with van der Waals surface area (Å²) in [6.07, 6.45) is 4.43. The first-order chi connectivity index (χ1) is 11.9. The van der Waals surface area contributed by atoms with Crippen LogP contribution < -0.4 is 4.72 Å². The van der Waals surface area contributed by atoms with Crippen LogP contribution in [0.1, 0.15) is 5.82 Å². The quantitative estimate of drug-likeness (QED) is 0.540. The summed E-state index contributed by atoms with van der Waals surface area (Å²) < 4.78 is 28.9. The van der Waals surface area contributed by atoms with Gasteiger partial charge in [-0.15, -0.1) is 0 Å². The topological polar surface area (TPSA) is 133 Å². The minimum atomic E-state index is -4.19. The summed E-state index contributed by atoms with van der Waals surface area (Å²) in [5.41, 5.74) is -0.519. The van der Waals surface area contributed by atoms with Gasteiger partial charge in [0, 0.05) is 24.5 Å². The minimum absolute atomic E-state index is 0.0174. The van der Waals surface area contributed by atoms with Crippen LogP contribution in [0.5, 0.6) is 0 Å². The van der Waals surface area contributed by atoms with Gasteiger partial charge in [-0.3, -0.25) is 19.4 Å². The molecule has 0 radical (unpaired) electrons. The molecule has 1 aromatic carbocycles. The first-order valence-electron chi connectivity index (χ1n) is 6.97. The molecule has 0 atom stereocenters. The number of nitrogens with zero attached hydrogens (tertiary/aromatic N) is 5. The van der Waals surface area contributed by atoms with E-state index in [2.05, 4.69) is 19.7 Å². The van der Waals surface area contributed by atoms with E-state index >= 15 is 0 Å². The number of rotatable bonds is 5. The van der Waals surface area contributed by atoms with E-state index in [0.29, 0.717) is 11.6 Å². The normalized spacial score (nSPS) is 11.2. The molecule has 0 fully saturated rings. The summed E-state index contributed by atoms with van der Waals surface area (Å²) in [5.74, 6) is 1.05. The van der Waals surface area contributed by atoms with Gasteiger partial charge >= 0.3 is 0 Å². The summed E-state index contributed by atoms with van der Waals surface area (Å²) >= 11 is 0. The lowest BCUT2D eigenvalue weighted by Crippen LogP contribution is -2.16. The highest BCUT2D eigenvalue weighted by Crippen LogP contribution is 2.25. The SMILES string of the molecule is Cc1nccn1-c1cc(NS(=O)(=O)c2ccccc2[N+](=O)[O-])ncn1. The molecule has 128 valence electrons. The Hall–Kier alpha value is -3.34. The molecule has 10 nitrogen and oxygen atoms in total. The molecular formula is C14H12N6O4S. The van der Waals surface area contributed by atoms with Crippen molar-refractivity contribution in [3.05, 3.63) is 65.0 Å². The van der Waals surface area contributed by atoms with Crippen molar-refractivity contribution >= 4 is 21.5 Å². The average molecular weight is 360 g/mol. The molecule has 0 amide bonds. The summed E-state index contributed by atoms with van der Waals surface area (Å²) in [5, 5.41) is 11.0. The Balaban J connectivity index is 1.98. The second kappa shape index (κ2) is 6.28. The molecule has 3 aromatic rings. The fourth-order valence-electron chi connectivity index (χ4n) is 2.18. The molecule has 0 aliphatic heterocycles. The summed E-state index contributed by atoms with van der Waals surface area (Å²) in [6, 6.07) is 6.47. The van der Waals surface area contributed by atoms with Gasteiger partial charge in [0.2, 0.25) is 0 Å². The second-order valence-electron chi connectivity index (χ2n) is 4.94. The lowest BCUT2D eigenvalue weighted by atomic mass is 10.3. The molecule has 11 heteroatoms. The number of hydrogen-bond donors (Lipinski definition) is 1. The maximum absolute atomic E-state index is 12.5. The van der Waals surface area contributed by atoms with Crippen molar-refractivity contribution in [2.45, 2.75) is 11.8 Å². The van der Waals surface area contributed by atoms with E-state index < -0.39 is 25.5 Å². The van der Waals surface area contributed by atoms with Gasteiger partial charge in [-0.25, -0.2) is 23.4 Å². The zero-order valence-corrected chi connectivity index (χ0v) is 13.7. The molecule has 0 spiro atoms. The van der Waals surface area contributed by atoms with Crippen LogP contribution in [0.2, 0.25) is 0 Å². The number of sulfonamides is 1. The van der Waals surface area contributed by atoms with Crippen molar-refractivity contribution in [3.63, 3.8) is 0 Å². The number of aromatic nitrogens is 4. The van der Waals surface area contributed by atoms with Gasteiger partial charge in [-0.2, -0.15) is 0 Å². The molecule has 1 N–H and O–H groups in total. The van der Waals surface area contributed by atoms with E-state index in [-0.39, 0.29) is 5.82 Å². The number of aryl methyl sites for hydroxylation is 1. The first kappa shape index (κ1) is 16.5. The van der Waals surface area contributed by atoms with Crippen molar-refractivity contribution in [2.75, 3.05) is 4.72 Å². The second-order valence-corrected chi connectivity index (χ2v) is 6.59. The van der Waals surface area contributed by atoms with E-state index in [9.17, 15) is 18.5 Å². The maximum atomic E-state index is 12.5. The summed E-state index contributed by atoms with van der Waals surface area (Å²) in [4.78, 5) is 21.8. The fraction of sp³-hybridized carbons (Fsp3) is 0.0714. The highest BCUT2D eigenvalue weighted by Gasteiger charge is 2.25. The third-order valence-corrected chi connectivity index (χ3v) is 4.72. The van der Waals surface area contributed by atoms with Crippen LogP contribution >= 0.6 is 0 Å². The van der Waals surface area contributed by atoms with Crippen LogP contribution in [0.25, 0.3) is 5.82 Å². The van der Waals surface area contributed by atoms with Crippen LogP contribution in [0.15, 0.2) is 53.9 Å². The van der Waals surface area contributed by atoms with Gasteiger partial charge in [-0.1, -0.05) is 12.1 Å². The lowest BCUT2D eigenvalue weighted by molar-refractivity contribution is -0.387. The van der Waals surface area contributed by atoms with Gasteiger partial charge in [0.05, 0.1) is 4.92 Å². The number of benzene rings is 1.